The molecule has 0 aliphatic carbocycles. The van der Waals surface area contributed by atoms with E-state index in [-0.39, 0.29) is 18.2 Å². The molecule has 2 amide bonds. The van der Waals surface area contributed by atoms with E-state index < -0.39 is 0 Å². The highest BCUT2D eigenvalue weighted by Gasteiger charge is 2.22. The van der Waals surface area contributed by atoms with Gasteiger partial charge in [0, 0.05) is 25.5 Å². The van der Waals surface area contributed by atoms with Crippen molar-refractivity contribution in [2.45, 2.75) is 26.0 Å². The van der Waals surface area contributed by atoms with Gasteiger partial charge in [-0.3, -0.25) is 4.98 Å². The number of nitrogens with one attached hydrogen (secondary N) is 1. The first-order valence-corrected chi connectivity index (χ1v) is 8.31. The number of rotatable bonds is 3. The molecule has 126 valence electrons. The van der Waals surface area contributed by atoms with Crippen LogP contribution in [-0.4, -0.2) is 41.7 Å². The molecule has 0 radical (unpaired) electrons. The third-order valence-corrected chi connectivity index (χ3v) is 4.27. The van der Waals surface area contributed by atoms with Gasteiger partial charge >= 0.3 is 6.03 Å². The van der Waals surface area contributed by atoms with Crippen molar-refractivity contribution >= 4 is 6.03 Å². The molecular weight excluding hydrogens is 302 g/mol. The molecule has 0 saturated carbocycles. The fourth-order valence-corrected chi connectivity index (χ4v) is 2.86. The molecule has 5 heteroatoms. The van der Waals surface area contributed by atoms with Crippen LogP contribution in [0.15, 0.2) is 48.8 Å². The molecule has 3 rings (SSSR count). The van der Waals surface area contributed by atoms with Crippen LogP contribution >= 0.6 is 0 Å². The zero-order chi connectivity index (χ0) is 16.9. The maximum absolute atomic E-state index is 12.4. The van der Waals surface area contributed by atoms with Crippen LogP contribution < -0.4 is 5.32 Å². The molecule has 0 unspecified atom stereocenters. The Bertz CT molecular complexity index is 673. The smallest absolute Gasteiger partial charge is 0.318 e. The topological polar surface area (TPSA) is 54.5 Å². The molecule has 0 bridgehead atoms. The summed E-state index contributed by atoms with van der Waals surface area (Å²) in [5.74, 6) is 0. The van der Waals surface area contributed by atoms with E-state index in [1.165, 1.54) is 0 Å². The minimum absolute atomic E-state index is 0.0333. The van der Waals surface area contributed by atoms with Gasteiger partial charge < -0.3 is 15.0 Å². The highest BCUT2D eigenvalue weighted by Crippen LogP contribution is 2.21. The highest BCUT2D eigenvalue weighted by molar-refractivity contribution is 5.75. The van der Waals surface area contributed by atoms with Crippen LogP contribution in [0.4, 0.5) is 4.79 Å². The number of benzene rings is 1. The van der Waals surface area contributed by atoms with E-state index in [0.29, 0.717) is 19.7 Å². The number of hydrogen-bond donors (Lipinski definition) is 1. The van der Waals surface area contributed by atoms with Gasteiger partial charge in [-0.15, -0.1) is 0 Å². The molecular formula is C19H23N3O2. The quantitative estimate of drug-likeness (QED) is 0.942. The molecule has 2 heterocycles. The summed E-state index contributed by atoms with van der Waals surface area (Å²) < 4.78 is 5.48. The first-order valence-electron chi connectivity index (χ1n) is 8.31. The van der Waals surface area contributed by atoms with Crippen molar-refractivity contribution in [2.24, 2.45) is 0 Å². The molecule has 2 atom stereocenters. The second-order valence-corrected chi connectivity index (χ2v) is 6.16. The summed E-state index contributed by atoms with van der Waals surface area (Å²) in [7, 11) is 0. The van der Waals surface area contributed by atoms with Crippen LogP contribution in [0.1, 0.15) is 25.5 Å². The van der Waals surface area contributed by atoms with Crippen LogP contribution in [0.5, 0.6) is 0 Å². The lowest BCUT2D eigenvalue weighted by atomic mass is 10.0. The van der Waals surface area contributed by atoms with Crippen molar-refractivity contribution in [1.29, 1.82) is 0 Å². The minimum atomic E-state index is -0.0430. The second kappa shape index (κ2) is 7.45. The van der Waals surface area contributed by atoms with Gasteiger partial charge in [0.1, 0.15) is 0 Å². The summed E-state index contributed by atoms with van der Waals surface area (Å²) in [6.07, 6.45) is 3.71. The normalized spacial score (nSPS) is 18.9. The molecule has 1 aliphatic heterocycles. The average molecular weight is 325 g/mol. The molecule has 2 aromatic rings. The lowest BCUT2D eigenvalue weighted by Gasteiger charge is -2.32. The molecule has 1 saturated heterocycles. The summed E-state index contributed by atoms with van der Waals surface area (Å²) in [4.78, 5) is 18.3. The first-order chi connectivity index (χ1) is 11.6. The molecule has 1 fully saturated rings. The zero-order valence-corrected chi connectivity index (χ0v) is 14.1. The van der Waals surface area contributed by atoms with Crippen LogP contribution in [0.3, 0.4) is 0 Å². The van der Waals surface area contributed by atoms with Gasteiger partial charge in [0.05, 0.1) is 18.8 Å². The third kappa shape index (κ3) is 3.92. The predicted molar refractivity (Wildman–Crippen MR) is 93.6 cm³/mol. The number of morpholine rings is 1. The van der Waals surface area contributed by atoms with Gasteiger partial charge in [-0.25, -0.2) is 4.79 Å². The number of aromatic nitrogens is 1. The number of pyridine rings is 1. The van der Waals surface area contributed by atoms with E-state index in [0.717, 1.165) is 16.7 Å². The first kappa shape index (κ1) is 16.5. The van der Waals surface area contributed by atoms with Crippen molar-refractivity contribution in [3.8, 4) is 11.1 Å². The Morgan fingerprint density at radius 2 is 2.08 bits per heavy atom. The van der Waals surface area contributed by atoms with Gasteiger partial charge in [0.2, 0.25) is 0 Å². The van der Waals surface area contributed by atoms with E-state index >= 15 is 0 Å². The second-order valence-electron chi connectivity index (χ2n) is 6.16. The monoisotopic (exact) mass is 325 g/mol. The lowest BCUT2D eigenvalue weighted by molar-refractivity contribution is -0.00380. The van der Waals surface area contributed by atoms with E-state index in [2.05, 4.69) is 34.6 Å². The fraction of sp³-hybridized carbons (Fsp3) is 0.368. The van der Waals surface area contributed by atoms with Gasteiger partial charge in [0.15, 0.2) is 0 Å². The maximum atomic E-state index is 12.4. The van der Waals surface area contributed by atoms with Crippen LogP contribution in [-0.2, 0) is 4.74 Å². The van der Waals surface area contributed by atoms with E-state index in [9.17, 15) is 4.79 Å². The SMILES string of the molecule is C[C@H](NC(=O)N1CCO[C@@H](C)C1)c1ccc(-c2cccnc2)cc1. The number of amides is 2. The van der Waals surface area contributed by atoms with E-state index in [1.807, 2.05) is 37.1 Å². The van der Waals surface area contributed by atoms with Gasteiger partial charge in [0.25, 0.3) is 0 Å². The number of urea groups is 1. The molecule has 1 N–H and O–H groups in total. The fourth-order valence-electron chi connectivity index (χ4n) is 2.86. The Labute approximate surface area is 142 Å². The summed E-state index contributed by atoms with van der Waals surface area (Å²) in [6.45, 7) is 5.87. The Kier molecular flexibility index (Phi) is 5.11. The molecule has 24 heavy (non-hydrogen) atoms. The van der Waals surface area contributed by atoms with Crippen molar-refractivity contribution in [1.82, 2.24) is 15.2 Å². The zero-order valence-electron chi connectivity index (χ0n) is 14.1. The van der Waals surface area contributed by atoms with Crippen LogP contribution in [0.25, 0.3) is 11.1 Å². The Hall–Kier alpha value is -2.40. The standard InChI is InChI=1S/C19H23N3O2/c1-14-13-22(10-11-24-14)19(23)21-15(2)16-5-7-17(8-6-16)18-4-3-9-20-12-18/h3-9,12,14-15H,10-11,13H2,1-2H3,(H,21,23)/t14-,15-/m0/s1. The third-order valence-electron chi connectivity index (χ3n) is 4.27. The summed E-state index contributed by atoms with van der Waals surface area (Å²) in [5.41, 5.74) is 3.28. The van der Waals surface area contributed by atoms with Gasteiger partial charge in [-0.2, -0.15) is 0 Å². The number of carbonyl (C=O) groups excluding carboxylic acids is 1. The average Bonchev–Trinajstić information content (AvgIpc) is 2.62. The highest BCUT2D eigenvalue weighted by atomic mass is 16.5. The molecule has 0 spiro atoms. The van der Waals surface area contributed by atoms with Gasteiger partial charge in [-0.1, -0.05) is 30.3 Å². The number of carbonyl (C=O) groups is 1. The number of ether oxygens (including phenoxy) is 1. The molecule has 1 aromatic heterocycles. The molecule has 1 aliphatic rings. The summed E-state index contributed by atoms with van der Waals surface area (Å²) >= 11 is 0. The Morgan fingerprint density at radius 1 is 1.29 bits per heavy atom. The Balaban J connectivity index is 1.62. The van der Waals surface area contributed by atoms with E-state index in [1.54, 1.807) is 6.20 Å². The van der Waals surface area contributed by atoms with Crippen molar-refractivity contribution in [3.05, 3.63) is 54.4 Å². The molecule has 5 nitrogen and oxygen atoms in total. The lowest BCUT2D eigenvalue weighted by Crippen LogP contribution is -2.49. The Morgan fingerprint density at radius 3 is 2.75 bits per heavy atom. The largest absolute Gasteiger partial charge is 0.375 e. The van der Waals surface area contributed by atoms with E-state index in [4.69, 9.17) is 4.74 Å². The van der Waals surface area contributed by atoms with Crippen molar-refractivity contribution in [3.63, 3.8) is 0 Å². The predicted octanol–water partition coefficient (Wildman–Crippen LogP) is 3.24. The van der Waals surface area contributed by atoms with Crippen molar-refractivity contribution in [2.75, 3.05) is 19.7 Å². The van der Waals surface area contributed by atoms with Crippen molar-refractivity contribution < 1.29 is 9.53 Å². The number of hydrogen-bond acceptors (Lipinski definition) is 3. The summed E-state index contributed by atoms with van der Waals surface area (Å²) in [6, 6.07) is 12.1. The minimum Gasteiger partial charge on any atom is -0.375 e. The number of nitrogens with zero attached hydrogens (tertiary/aromatic N) is 2. The van der Waals surface area contributed by atoms with Crippen LogP contribution in [0.2, 0.25) is 0 Å². The molecule has 1 aromatic carbocycles. The maximum Gasteiger partial charge on any atom is 0.318 e. The van der Waals surface area contributed by atoms with Gasteiger partial charge in [-0.05, 0) is 36.6 Å². The summed E-state index contributed by atoms with van der Waals surface area (Å²) in [5, 5.41) is 3.06. The van der Waals surface area contributed by atoms with Crippen LogP contribution in [0, 0.1) is 0 Å².